The monoisotopic (exact) mass is 409 g/mol. The Morgan fingerprint density at radius 2 is 1.45 bits per heavy atom. The number of nitro benzene ring substituents is 1. The lowest BCUT2D eigenvalue weighted by atomic mass is 10.2. The number of nitrogens with zero attached hydrogens (tertiary/aromatic N) is 3. The van der Waals surface area contributed by atoms with Gasteiger partial charge in [-0.2, -0.15) is 0 Å². The van der Waals surface area contributed by atoms with E-state index in [2.05, 4.69) is 4.99 Å². The molecule has 0 radical (unpaired) electrons. The molecule has 0 fully saturated rings. The number of rotatable bonds is 6. The van der Waals surface area contributed by atoms with Crippen molar-refractivity contribution in [1.82, 2.24) is 0 Å². The minimum atomic E-state index is -4.28. The van der Waals surface area contributed by atoms with Crippen molar-refractivity contribution in [1.29, 1.82) is 0 Å². The first-order valence-corrected chi connectivity index (χ1v) is 10.2. The number of hydrogen-bond donors (Lipinski definition) is 0. The van der Waals surface area contributed by atoms with Crippen LogP contribution in [-0.4, -0.2) is 19.7 Å². The Kier molecular flexibility index (Phi) is 5.74. The van der Waals surface area contributed by atoms with Crippen molar-refractivity contribution in [3.05, 3.63) is 94.0 Å². The van der Waals surface area contributed by atoms with Crippen LogP contribution >= 0.6 is 0 Å². The number of anilines is 1. The average Bonchev–Trinajstić information content (AvgIpc) is 2.70. The minimum absolute atomic E-state index is 0.324. The molecule has 3 aromatic rings. The molecule has 0 heterocycles. The summed E-state index contributed by atoms with van der Waals surface area (Å²) in [5, 5.41) is 11.4. The summed E-state index contributed by atoms with van der Waals surface area (Å²) in [6, 6.07) is 19.3. The molecular formula is C21H19N3O4S. The third kappa shape index (κ3) is 4.49. The quantitative estimate of drug-likeness (QED) is 0.254. The van der Waals surface area contributed by atoms with Crippen molar-refractivity contribution in [2.24, 2.45) is 4.99 Å². The highest BCUT2D eigenvalue weighted by atomic mass is 32.2. The van der Waals surface area contributed by atoms with Gasteiger partial charge in [-0.3, -0.25) is 10.1 Å². The van der Waals surface area contributed by atoms with Gasteiger partial charge in [0.25, 0.3) is 15.7 Å². The van der Waals surface area contributed by atoms with Crippen LogP contribution in [0.3, 0.4) is 0 Å². The maximum absolute atomic E-state index is 13.3. The van der Waals surface area contributed by atoms with E-state index in [4.69, 9.17) is 0 Å². The summed E-state index contributed by atoms with van der Waals surface area (Å²) in [6.07, 6.45) is 1.17. The van der Waals surface area contributed by atoms with Crippen LogP contribution in [-0.2, 0) is 10.0 Å². The van der Waals surface area contributed by atoms with Gasteiger partial charge in [0.1, 0.15) is 6.34 Å². The summed E-state index contributed by atoms with van der Waals surface area (Å²) in [4.78, 5) is 14.5. The van der Waals surface area contributed by atoms with Crippen molar-refractivity contribution < 1.29 is 13.3 Å². The van der Waals surface area contributed by atoms with Crippen LogP contribution in [0.4, 0.5) is 17.1 Å². The summed E-state index contributed by atoms with van der Waals surface area (Å²) in [5.41, 5.74) is 2.39. The predicted molar refractivity (Wildman–Crippen MR) is 113 cm³/mol. The molecule has 0 aliphatic heterocycles. The first-order valence-electron chi connectivity index (χ1n) is 8.74. The Balaban J connectivity index is 2.13. The molecular weight excluding hydrogens is 390 g/mol. The first-order chi connectivity index (χ1) is 13.8. The lowest BCUT2D eigenvalue weighted by molar-refractivity contribution is -0.387. The van der Waals surface area contributed by atoms with Crippen molar-refractivity contribution in [2.75, 3.05) is 4.31 Å². The van der Waals surface area contributed by atoms with Crippen LogP contribution in [0.15, 0.2) is 82.7 Å². The first kappa shape index (κ1) is 20.2. The molecule has 0 N–H and O–H groups in total. The average molecular weight is 409 g/mol. The highest BCUT2D eigenvalue weighted by molar-refractivity contribution is 7.93. The van der Waals surface area contributed by atoms with Gasteiger partial charge in [-0.25, -0.2) is 17.7 Å². The van der Waals surface area contributed by atoms with E-state index in [0.29, 0.717) is 11.4 Å². The number of sulfonamides is 1. The molecule has 7 nitrogen and oxygen atoms in total. The number of nitro groups is 1. The van der Waals surface area contributed by atoms with E-state index >= 15 is 0 Å². The van der Waals surface area contributed by atoms with E-state index in [1.807, 2.05) is 26.0 Å². The van der Waals surface area contributed by atoms with Crippen LogP contribution in [0, 0.1) is 24.0 Å². The van der Waals surface area contributed by atoms with Gasteiger partial charge in [-0.05, 0) is 44.2 Å². The predicted octanol–water partition coefficient (Wildman–Crippen LogP) is 4.77. The van der Waals surface area contributed by atoms with Gasteiger partial charge in [0.05, 0.1) is 16.3 Å². The zero-order valence-electron chi connectivity index (χ0n) is 15.9. The Morgan fingerprint density at radius 1 is 0.897 bits per heavy atom. The Morgan fingerprint density at radius 3 is 2.03 bits per heavy atom. The van der Waals surface area contributed by atoms with Gasteiger partial charge >= 0.3 is 0 Å². The maximum Gasteiger partial charge on any atom is 0.289 e. The van der Waals surface area contributed by atoms with Gasteiger partial charge in [-0.15, -0.1) is 0 Å². The van der Waals surface area contributed by atoms with Crippen molar-refractivity contribution in [3.8, 4) is 0 Å². The van der Waals surface area contributed by atoms with E-state index < -0.39 is 25.5 Å². The number of hydrogen-bond acceptors (Lipinski definition) is 5. The van der Waals surface area contributed by atoms with E-state index in [1.165, 1.54) is 24.5 Å². The number of para-hydroxylation sites is 1. The summed E-state index contributed by atoms with van der Waals surface area (Å²) in [7, 11) is -4.28. The normalized spacial score (nSPS) is 11.5. The van der Waals surface area contributed by atoms with Crippen LogP contribution in [0.5, 0.6) is 0 Å². The molecule has 29 heavy (non-hydrogen) atoms. The van der Waals surface area contributed by atoms with Gasteiger partial charge in [0.15, 0.2) is 4.90 Å². The van der Waals surface area contributed by atoms with Gasteiger partial charge < -0.3 is 0 Å². The third-order valence-corrected chi connectivity index (χ3v) is 5.96. The SMILES string of the molecule is Cc1ccc(N=CN(c2ccc(C)cc2)S(=O)(=O)c2ccccc2[N+](=O)[O-])cc1. The molecule has 0 unspecified atom stereocenters. The molecule has 0 aromatic heterocycles. The van der Waals surface area contributed by atoms with E-state index in [1.54, 1.807) is 36.4 Å². The number of aliphatic imine (C=N–C) groups is 1. The molecule has 0 spiro atoms. The second-order valence-corrected chi connectivity index (χ2v) is 8.22. The molecule has 0 aliphatic carbocycles. The third-order valence-electron chi connectivity index (χ3n) is 4.23. The summed E-state index contributed by atoms with van der Waals surface area (Å²) < 4.78 is 27.7. The van der Waals surface area contributed by atoms with E-state index in [-0.39, 0.29) is 0 Å². The van der Waals surface area contributed by atoms with Crippen molar-refractivity contribution in [2.45, 2.75) is 18.7 Å². The minimum Gasteiger partial charge on any atom is -0.258 e. The second-order valence-electron chi connectivity index (χ2n) is 6.44. The lowest BCUT2D eigenvalue weighted by Crippen LogP contribution is -2.30. The zero-order valence-corrected chi connectivity index (χ0v) is 16.7. The zero-order chi connectivity index (χ0) is 21.0. The molecule has 0 amide bonds. The lowest BCUT2D eigenvalue weighted by Gasteiger charge is -2.20. The molecule has 3 rings (SSSR count). The highest BCUT2D eigenvalue weighted by Crippen LogP contribution is 2.29. The van der Waals surface area contributed by atoms with Crippen molar-refractivity contribution in [3.63, 3.8) is 0 Å². The van der Waals surface area contributed by atoms with Crippen LogP contribution in [0.25, 0.3) is 0 Å². The highest BCUT2D eigenvalue weighted by Gasteiger charge is 2.31. The standard InChI is InChI=1S/C21H19N3O4S/c1-16-7-11-18(12-8-16)22-15-23(19-13-9-17(2)10-14-19)29(27,28)21-6-4-3-5-20(21)24(25)26/h3-15H,1-2H3. The fourth-order valence-corrected chi connectivity index (χ4v) is 4.08. The number of benzene rings is 3. The maximum atomic E-state index is 13.3. The fourth-order valence-electron chi connectivity index (χ4n) is 2.64. The van der Waals surface area contributed by atoms with Crippen molar-refractivity contribution >= 4 is 33.4 Å². The number of aryl methyl sites for hydroxylation is 2. The van der Waals surface area contributed by atoms with E-state index in [9.17, 15) is 18.5 Å². The Hall–Kier alpha value is -3.52. The fraction of sp³-hybridized carbons (Fsp3) is 0.0952. The molecule has 8 heteroatoms. The summed E-state index contributed by atoms with van der Waals surface area (Å²) >= 11 is 0. The molecule has 0 bridgehead atoms. The van der Waals surface area contributed by atoms with E-state index in [0.717, 1.165) is 21.5 Å². The summed E-state index contributed by atoms with van der Waals surface area (Å²) in [5.74, 6) is 0. The molecule has 3 aromatic carbocycles. The van der Waals surface area contributed by atoms with Gasteiger partial charge in [0, 0.05) is 6.07 Å². The smallest absolute Gasteiger partial charge is 0.258 e. The molecule has 0 saturated carbocycles. The van der Waals surface area contributed by atoms with Gasteiger partial charge in [-0.1, -0.05) is 47.5 Å². The van der Waals surface area contributed by atoms with Gasteiger partial charge in [0.2, 0.25) is 0 Å². The van der Waals surface area contributed by atoms with Crippen LogP contribution in [0.2, 0.25) is 0 Å². The molecule has 148 valence electrons. The molecule has 0 aliphatic rings. The van der Waals surface area contributed by atoms with Crippen LogP contribution < -0.4 is 4.31 Å². The summed E-state index contributed by atoms with van der Waals surface area (Å²) in [6.45, 7) is 3.82. The topological polar surface area (TPSA) is 92.9 Å². The Bertz CT molecular complexity index is 1160. The largest absolute Gasteiger partial charge is 0.289 e. The molecule has 0 atom stereocenters. The second kappa shape index (κ2) is 8.24. The Labute approximate surface area is 169 Å². The molecule has 0 saturated heterocycles. The van der Waals surface area contributed by atoms with Crippen LogP contribution in [0.1, 0.15) is 11.1 Å².